The molecule has 2 aromatic carbocycles. The van der Waals surface area contributed by atoms with Crippen LogP contribution in [0.2, 0.25) is 0 Å². The quantitative estimate of drug-likeness (QED) is 0.340. The number of nitriles is 1. The Kier molecular flexibility index (Phi) is 8.15. The number of carboxylic acid groups (broad SMARTS) is 1. The predicted molar refractivity (Wildman–Crippen MR) is 115 cm³/mol. The van der Waals surface area contributed by atoms with Gasteiger partial charge >= 0.3 is 29.6 Å². The maximum Gasteiger partial charge on any atom is 1.00 e. The van der Waals surface area contributed by atoms with E-state index in [4.69, 9.17) is 5.26 Å². The molecule has 8 nitrogen and oxygen atoms in total. The van der Waals surface area contributed by atoms with Gasteiger partial charge in [-0.05, 0) is 18.2 Å². The van der Waals surface area contributed by atoms with Gasteiger partial charge in [0.1, 0.15) is 29.5 Å². The fourth-order valence-electron chi connectivity index (χ4n) is 3.60. The third-order valence-corrected chi connectivity index (χ3v) is 6.53. The van der Waals surface area contributed by atoms with Crippen molar-refractivity contribution in [3.8, 4) is 17.3 Å². The normalized spacial score (nSPS) is 13.3. The molecule has 35 heavy (non-hydrogen) atoms. The Bertz CT molecular complexity index is 1400. The first-order chi connectivity index (χ1) is 16.2. The second kappa shape index (κ2) is 10.7. The number of hydrogen-bond acceptors (Lipinski definition) is 8. The number of aliphatic hydroxyl groups is 1. The fraction of sp³-hybridized carbons (Fsp3) is 0.174. The molecule has 0 radical (unpaired) electrons. The number of carboxylic acids is 1. The number of halogens is 2. The van der Waals surface area contributed by atoms with Gasteiger partial charge < -0.3 is 15.0 Å². The summed E-state index contributed by atoms with van der Waals surface area (Å²) in [6, 6.07) is 11.5. The summed E-state index contributed by atoms with van der Waals surface area (Å²) in [5.74, 6) is -4.88. The molecule has 4 aromatic rings. The zero-order valence-electron chi connectivity index (χ0n) is 18.6. The minimum absolute atomic E-state index is 0. The Hall–Kier alpha value is -3.01. The summed E-state index contributed by atoms with van der Waals surface area (Å²) >= 11 is 1.21. The largest absolute Gasteiger partial charge is 1.00 e. The number of thiazole rings is 1. The van der Waals surface area contributed by atoms with Gasteiger partial charge in [-0.3, -0.25) is 0 Å². The van der Waals surface area contributed by atoms with Gasteiger partial charge in [0.05, 0.1) is 28.9 Å². The first kappa shape index (κ1) is 26.6. The van der Waals surface area contributed by atoms with E-state index in [1.807, 2.05) is 6.07 Å². The molecule has 0 fully saturated rings. The molecule has 0 amide bonds. The molecule has 0 aliphatic rings. The minimum Gasteiger partial charge on any atom is -0.542 e. The summed E-state index contributed by atoms with van der Waals surface area (Å²) in [5.41, 5.74) is -0.521. The number of nitrogens with zero attached hydrogens (tertiary/aromatic N) is 5. The SMILES string of the molecule is C[C@@H](c1nc(-c2ccc(C#N)cc2)cs1)[C@](O)(Cn1ncnc1C(=O)[O-])c1ccc(F)cc1F.[Na+]. The molecule has 1 N–H and O–H groups in total. The molecule has 0 aliphatic heterocycles. The molecular weight excluding hydrogens is 487 g/mol. The van der Waals surface area contributed by atoms with Crippen molar-refractivity contribution >= 4 is 17.3 Å². The summed E-state index contributed by atoms with van der Waals surface area (Å²) in [6.07, 6.45) is 0.976. The van der Waals surface area contributed by atoms with E-state index in [9.17, 15) is 23.8 Å². The molecule has 0 spiro atoms. The summed E-state index contributed by atoms with van der Waals surface area (Å²) in [4.78, 5) is 19.6. The van der Waals surface area contributed by atoms with Gasteiger partial charge in [0.2, 0.25) is 0 Å². The summed E-state index contributed by atoms with van der Waals surface area (Å²) in [7, 11) is 0. The second-order valence-electron chi connectivity index (χ2n) is 7.56. The first-order valence-corrected chi connectivity index (χ1v) is 10.8. The minimum atomic E-state index is -2.07. The topological polar surface area (TPSA) is 128 Å². The summed E-state index contributed by atoms with van der Waals surface area (Å²) in [5, 5.41) is 38.1. The number of rotatable bonds is 7. The Labute approximate surface area is 224 Å². The molecule has 0 unspecified atom stereocenters. The zero-order valence-corrected chi connectivity index (χ0v) is 21.5. The van der Waals surface area contributed by atoms with Gasteiger partial charge in [0.25, 0.3) is 0 Å². The molecular formula is C23H16F2N5NaO3S. The van der Waals surface area contributed by atoms with Crippen LogP contribution in [0.5, 0.6) is 0 Å². The Morgan fingerprint density at radius 1 is 1.29 bits per heavy atom. The van der Waals surface area contributed by atoms with E-state index in [-0.39, 0.29) is 35.1 Å². The van der Waals surface area contributed by atoms with E-state index in [0.29, 0.717) is 22.3 Å². The average molecular weight is 503 g/mol. The van der Waals surface area contributed by atoms with Crippen LogP contribution in [-0.2, 0) is 12.1 Å². The van der Waals surface area contributed by atoms with Gasteiger partial charge in [-0.1, -0.05) is 25.1 Å². The van der Waals surface area contributed by atoms with Crippen LogP contribution in [0.4, 0.5) is 8.78 Å². The smallest absolute Gasteiger partial charge is 0.542 e. The molecule has 0 bridgehead atoms. The van der Waals surface area contributed by atoms with Crippen LogP contribution in [0, 0.1) is 23.0 Å². The second-order valence-corrected chi connectivity index (χ2v) is 8.45. The summed E-state index contributed by atoms with van der Waals surface area (Å²) in [6.45, 7) is 1.09. The third kappa shape index (κ3) is 5.32. The van der Waals surface area contributed by atoms with Crippen molar-refractivity contribution in [2.75, 3.05) is 0 Å². The van der Waals surface area contributed by atoms with Crippen LogP contribution in [-0.4, -0.2) is 30.8 Å². The molecule has 0 saturated heterocycles. The number of aromatic carboxylic acids is 1. The van der Waals surface area contributed by atoms with Crippen LogP contribution in [0.15, 0.2) is 54.2 Å². The first-order valence-electron chi connectivity index (χ1n) is 9.96. The van der Waals surface area contributed by atoms with E-state index in [1.165, 1.54) is 11.3 Å². The maximum absolute atomic E-state index is 14.8. The number of carbonyl (C=O) groups excluding carboxylic acids is 1. The van der Waals surface area contributed by atoms with Gasteiger partial charge in [-0.2, -0.15) is 10.4 Å². The molecule has 172 valence electrons. The van der Waals surface area contributed by atoms with Crippen molar-refractivity contribution in [1.82, 2.24) is 19.7 Å². The van der Waals surface area contributed by atoms with Crippen LogP contribution in [0.25, 0.3) is 11.3 Å². The van der Waals surface area contributed by atoms with Crippen molar-refractivity contribution in [1.29, 1.82) is 5.26 Å². The number of benzene rings is 2. The van der Waals surface area contributed by atoms with Crippen molar-refractivity contribution in [2.24, 2.45) is 0 Å². The maximum atomic E-state index is 14.8. The molecule has 0 aliphatic carbocycles. The van der Waals surface area contributed by atoms with Crippen molar-refractivity contribution in [3.63, 3.8) is 0 Å². The van der Waals surface area contributed by atoms with E-state index in [0.717, 1.165) is 28.7 Å². The standard InChI is InChI=1S/C23H17F2N5O3S.Na/c1-13(21-29-19(10-34-21)15-4-2-14(9-26)3-5-15)23(33,17-7-6-16(24)8-18(17)25)11-30-20(22(31)32)27-12-28-30;/h2-8,10,12-13,33H,11H2,1H3,(H,31,32);/q;+1/p-1/t13-,23+;/m0./s1. The fourth-order valence-corrected chi connectivity index (χ4v) is 4.57. The number of hydrogen-bond donors (Lipinski definition) is 1. The Morgan fingerprint density at radius 2 is 2.00 bits per heavy atom. The van der Waals surface area contributed by atoms with Gasteiger partial charge in [-0.15, -0.1) is 11.3 Å². The zero-order chi connectivity index (χ0) is 24.5. The van der Waals surface area contributed by atoms with Crippen molar-refractivity contribution < 1.29 is 53.3 Å². The molecule has 0 saturated carbocycles. The molecule has 12 heteroatoms. The summed E-state index contributed by atoms with van der Waals surface area (Å²) < 4.78 is 29.3. The molecule has 2 aromatic heterocycles. The van der Waals surface area contributed by atoms with Crippen LogP contribution >= 0.6 is 11.3 Å². The van der Waals surface area contributed by atoms with Gasteiger partial charge in [0.15, 0.2) is 5.82 Å². The van der Waals surface area contributed by atoms with E-state index in [2.05, 4.69) is 15.1 Å². The van der Waals surface area contributed by atoms with Crippen LogP contribution in [0.3, 0.4) is 0 Å². The molecule has 2 atom stereocenters. The molecule has 2 heterocycles. The third-order valence-electron chi connectivity index (χ3n) is 5.50. The van der Waals surface area contributed by atoms with Crippen molar-refractivity contribution in [3.05, 3.63) is 87.8 Å². The van der Waals surface area contributed by atoms with Gasteiger partial charge in [-0.25, -0.2) is 23.4 Å². The number of aromatic nitrogens is 4. The van der Waals surface area contributed by atoms with E-state index in [1.54, 1.807) is 36.6 Å². The average Bonchev–Trinajstić information content (AvgIpc) is 3.48. The molecule has 4 rings (SSSR count). The number of carbonyl (C=O) groups is 1. The van der Waals surface area contributed by atoms with Crippen molar-refractivity contribution in [2.45, 2.75) is 25.0 Å². The van der Waals surface area contributed by atoms with E-state index >= 15 is 0 Å². The Morgan fingerprint density at radius 3 is 2.63 bits per heavy atom. The Balaban J connectivity index is 0.00000342. The van der Waals surface area contributed by atoms with Gasteiger partial charge in [0, 0.05) is 28.5 Å². The van der Waals surface area contributed by atoms with Crippen LogP contribution in [0.1, 0.15) is 39.6 Å². The monoisotopic (exact) mass is 503 g/mol. The van der Waals surface area contributed by atoms with Crippen LogP contribution < -0.4 is 34.7 Å². The van der Waals surface area contributed by atoms with E-state index < -0.39 is 41.5 Å². The predicted octanol–water partition coefficient (Wildman–Crippen LogP) is -0.390.